The van der Waals surface area contributed by atoms with Crippen molar-refractivity contribution < 1.29 is 4.74 Å². The van der Waals surface area contributed by atoms with E-state index < -0.39 is 0 Å². The smallest absolute Gasteiger partial charge is 0.121 e. The average molecular weight is 308 g/mol. The standard InChI is InChI=1S/C20H24N2O/c1-15-10-11-19(20(13-21)22-15)17-7-5-6-16(12-17)14-23-18-8-3-2-4-9-18/h5-7,12,18,22H,1-4,8-11,14H2. The Bertz CT molecular complexity index is 648. The van der Waals surface area contributed by atoms with E-state index in [1.54, 1.807) is 0 Å². The third-order valence-electron chi connectivity index (χ3n) is 4.71. The molecule has 0 amide bonds. The van der Waals surface area contributed by atoms with Gasteiger partial charge in [0.25, 0.3) is 0 Å². The maximum atomic E-state index is 9.35. The maximum Gasteiger partial charge on any atom is 0.121 e. The molecule has 1 heterocycles. The molecule has 1 aliphatic heterocycles. The van der Waals surface area contributed by atoms with Gasteiger partial charge in [0, 0.05) is 5.70 Å². The highest BCUT2D eigenvalue weighted by Gasteiger charge is 2.17. The molecular formula is C20H24N2O. The first-order valence-electron chi connectivity index (χ1n) is 8.55. The lowest BCUT2D eigenvalue weighted by Gasteiger charge is -2.23. The summed E-state index contributed by atoms with van der Waals surface area (Å²) < 4.78 is 6.07. The molecule has 0 aromatic heterocycles. The summed E-state index contributed by atoms with van der Waals surface area (Å²) in [6, 6.07) is 10.7. The summed E-state index contributed by atoms with van der Waals surface area (Å²) in [5.41, 5.74) is 4.93. The number of nitrogens with zero attached hydrogens (tertiary/aromatic N) is 1. The van der Waals surface area contributed by atoms with Gasteiger partial charge in [0.05, 0.1) is 12.7 Å². The highest BCUT2D eigenvalue weighted by Crippen LogP contribution is 2.29. The van der Waals surface area contributed by atoms with Gasteiger partial charge in [-0.2, -0.15) is 5.26 Å². The first kappa shape index (κ1) is 15.8. The van der Waals surface area contributed by atoms with E-state index in [1.807, 2.05) is 0 Å². The average Bonchev–Trinajstić information content (AvgIpc) is 2.61. The lowest BCUT2D eigenvalue weighted by atomic mass is 9.94. The van der Waals surface area contributed by atoms with Gasteiger partial charge in [-0.05, 0) is 48.4 Å². The summed E-state index contributed by atoms with van der Waals surface area (Å²) in [6.45, 7) is 4.58. The number of allylic oxidation sites excluding steroid dienone is 3. The van der Waals surface area contributed by atoms with Gasteiger partial charge in [-0.15, -0.1) is 0 Å². The number of nitrogens with one attached hydrogen (secondary N) is 1. The molecule has 2 aliphatic rings. The zero-order valence-electron chi connectivity index (χ0n) is 13.6. The minimum atomic E-state index is 0.418. The van der Waals surface area contributed by atoms with Crippen LogP contribution in [0.4, 0.5) is 0 Å². The quantitative estimate of drug-likeness (QED) is 0.879. The van der Waals surface area contributed by atoms with Crippen LogP contribution in [0.1, 0.15) is 56.1 Å². The van der Waals surface area contributed by atoms with Crippen molar-refractivity contribution in [2.24, 2.45) is 0 Å². The van der Waals surface area contributed by atoms with E-state index in [4.69, 9.17) is 4.74 Å². The molecule has 23 heavy (non-hydrogen) atoms. The second-order valence-electron chi connectivity index (χ2n) is 6.47. The summed E-state index contributed by atoms with van der Waals surface area (Å²) >= 11 is 0. The second-order valence-corrected chi connectivity index (χ2v) is 6.47. The molecule has 1 aromatic rings. The minimum Gasteiger partial charge on any atom is -0.374 e. The Kier molecular flexibility index (Phi) is 5.15. The van der Waals surface area contributed by atoms with E-state index in [0.717, 1.165) is 29.7 Å². The first-order valence-corrected chi connectivity index (χ1v) is 8.55. The third-order valence-corrected chi connectivity index (χ3v) is 4.71. The molecule has 3 heteroatoms. The van der Waals surface area contributed by atoms with Crippen LogP contribution >= 0.6 is 0 Å². The van der Waals surface area contributed by atoms with Crippen molar-refractivity contribution in [3.8, 4) is 6.07 Å². The molecule has 0 radical (unpaired) electrons. The van der Waals surface area contributed by atoms with Gasteiger partial charge in [0.15, 0.2) is 0 Å². The summed E-state index contributed by atoms with van der Waals surface area (Å²) in [4.78, 5) is 0. The Balaban J connectivity index is 1.72. The molecule has 1 aromatic carbocycles. The Hall–Kier alpha value is -2.05. The number of ether oxygens (including phenoxy) is 1. The molecule has 1 aliphatic carbocycles. The lowest BCUT2D eigenvalue weighted by molar-refractivity contribution is 0.0168. The Morgan fingerprint density at radius 2 is 2.04 bits per heavy atom. The molecule has 0 unspecified atom stereocenters. The molecule has 0 bridgehead atoms. The van der Waals surface area contributed by atoms with E-state index in [0.29, 0.717) is 18.4 Å². The molecule has 120 valence electrons. The van der Waals surface area contributed by atoms with E-state index in [-0.39, 0.29) is 0 Å². The molecule has 3 nitrogen and oxygen atoms in total. The van der Waals surface area contributed by atoms with Crippen LogP contribution in [0.5, 0.6) is 0 Å². The van der Waals surface area contributed by atoms with Crippen molar-refractivity contribution in [3.63, 3.8) is 0 Å². The number of hydrogen-bond acceptors (Lipinski definition) is 3. The molecule has 0 spiro atoms. The molecule has 1 fully saturated rings. The van der Waals surface area contributed by atoms with Crippen LogP contribution in [0, 0.1) is 11.3 Å². The van der Waals surface area contributed by atoms with Gasteiger partial charge in [-0.25, -0.2) is 0 Å². The third kappa shape index (κ3) is 4.03. The summed E-state index contributed by atoms with van der Waals surface area (Å²) in [5, 5.41) is 12.5. The zero-order chi connectivity index (χ0) is 16.1. The van der Waals surface area contributed by atoms with Crippen LogP contribution in [-0.4, -0.2) is 6.10 Å². The fourth-order valence-corrected chi connectivity index (χ4v) is 3.39. The van der Waals surface area contributed by atoms with Crippen LogP contribution in [-0.2, 0) is 11.3 Å². The summed E-state index contributed by atoms with van der Waals surface area (Å²) in [5.74, 6) is 0. The van der Waals surface area contributed by atoms with Gasteiger partial charge < -0.3 is 10.1 Å². The number of nitriles is 1. The summed E-state index contributed by atoms with van der Waals surface area (Å²) in [6.07, 6.45) is 8.47. The minimum absolute atomic E-state index is 0.418. The Labute approximate surface area is 138 Å². The zero-order valence-corrected chi connectivity index (χ0v) is 13.6. The fourth-order valence-electron chi connectivity index (χ4n) is 3.39. The van der Waals surface area contributed by atoms with Gasteiger partial charge in [-0.3, -0.25) is 0 Å². The lowest BCUT2D eigenvalue weighted by Crippen LogP contribution is -2.18. The van der Waals surface area contributed by atoms with Crippen molar-refractivity contribution in [3.05, 3.63) is 53.4 Å². The highest BCUT2D eigenvalue weighted by molar-refractivity contribution is 5.73. The fraction of sp³-hybridized carbons (Fsp3) is 0.450. The van der Waals surface area contributed by atoms with Gasteiger partial charge in [-0.1, -0.05) is 44.0 Å². The number of rotatable bonds is 4. The number of benzene rings is 1. The highest BCUT2D eigenvalue weighted by atomic mass is 16.5. The number of hydrogen-bond donors (Lipinski definition) is 1. The van der Waals surface area contributed by atoms with Gasteiger partial charge in [0.1, 0.15) is 11.8 Å². The largest absolute Gasteiger partial charge is 0.374 e. The predicted molar refractivity (Wildman–Crippen MR) is 92.1 cm³/mol. The molecule has 3 rings (SSSR count). The van der Waals surface area contributed by atoms with E-state index >= 15 is 0 Å². The van der Waals surface area contributed by atoms with Gasteiger partial charge >= 0.3 is 0 Å². The van der Waals surface area contributed by atoms with Crippen LogP contribution in [0.3, 0.4) is 0 Å². The Morgan fingerprint density at radius 1 is 1.22 bits per heavy atom. The summed E-state index contributed by atoms with van der Waals surface area (Å²) in [7, 11) is 0. The van der Waals surface area contributed by atoms with Crippen LogP contribution in [0.15, 0.2) is 42.2 Å². The molecule has 0 saturated heterocycles. The van der Waals surface area contributed by atoms with Crippen molar-refractivity contribution in [2.45, 2.75) is 57.7 Å². The normalized spacial score (nSPS) is 19.3. The second kappa shape index (κ2) is 7.48. The van der Waals surface area contributed by atoms with E-state index in [2.05, 4.69) is 42.2 Å². The van der Waals surface area contributed by atoms with Gasteiger partial charge in [0.2, 0.25) is 0 Å². The van der Waals surface area contributed by atoms with E-state index in [1.165, 1.54) is 37.7 Å². The van der Waals surface area contributed by atoms with Crippen molar-refractivity contribution >= 4 is 5.57 Å². The van der Waals surface area contributed by atoms with Crippen molar-refractivity contribution in [1.29, 1.82) is 5.26 Å². The van der Waals surface area contributed by atoms with Crippen LogP contribution < -0.4 is 5.32 Å². The predicted octanol–water partition coefficient (Wildman–Crippen LogP) is 4.67. The monoisotopic (exact) mass is 308 g/mol. The molecule has 0 atom stereocenters. The molecule has 1 N–H and O–H groups in total. The topological polar surface area (TPSA) is 45.0 Å². The molecular weight excluding hydrogens is 284 g/mol. The van der Waals surface area contributed by atoms with E-state index in [9.17, 15) is 5.26 Å². The van der Waals surface area contributed by atoms with Crippen LogP contribution in [0.25, 0.3) is 5.57 Å². The SMILES string of the molecule is C=C1CCC(c2cccc(COC3CCCCC3)c2)=C(C#N)N1. The maximum absolute atomic E-state index is 9.35. The van der Waals surface area contributed by atoms with Crippen molar-refractivity contribution in [2.75, 3.05) is 0 Å². The Morgan fingerprint density at radius 3 is 2.83 bits per heavy atom. The van der Waals surface area contributed by atoms with Crippen LogP contribution in [0.2, 0.25) is 0 Å². The first-order chi connectivity index (χ1) is 11.3. The van der Waals surface area contributed by atoms with Crippen molar-refractivity contribution in [1.82, 2.24) is 5.32 Å². The molecule has 1 saturated carbocycles.